The summed E-state index contributed by atoms with van der Waals surface area (Å²) in [6, 6.07) is 11.9. The number of aromatic nitrogens is 2. The van der Waals surface area contributed by atoms with Crippen molar-refractivity contribution in [3.05, 3.63) is 48.3 Å². The first-order valence-electron chi connectivity index (χ1n) is 9.92. The Labute approximate surface area is 155 Å². The van der Waals surface area contributed by atoms with E-state index in [-0.39, 0.29) is 11.9 Å². The molecule has 138 valence electrons. The highest BCUT2D eigenvalue weighted by atomic mass is 16.2. The molecule has 1 aromatic heterocycles. The number of amides is 1. The Morgan fingerprint density at radius 1 is 1.04 bits per heavy atom. The second-order valence-corrected chi connectivity index (χ2v) is 7.68. The van der Waals surface area contributed by atoms with Crippen molar-refractivity contribution in [3.8, 4) is 5.69 Å². The van der Waals surface area contributed by atoms with Crippen LogP contribution in [0.2, 0.25) is 0 Å². The fourth-order valence-corrected chi connectivity index (χ4v) is 4.25. The fourth-order valence-electron chi connectivity index (χ4n) is 4.25. The Kier molecular flexibility index (Phi) is 5.34. The molecule has 2 aliphatic rings. The number of hydrogen-bond donors (Lipinski definition) is 1. The van der Waals surface area contributed by atoms with Crippen LogP contribution < -0.4 is 5.32 Å². The van der Waals surface area contributed by atoms with Gasteiger partial charge in [0.1, 0.15) is 0 Å². The molecule has 0 atom stereocenters. The van der Waals surface area contributed by atoms with Gasteiger partial charge in [-0.25, -0.2) is 4.68 Å². The summed E-state index contributed by atoms with van der Waals surface area (Å²) in [5, 5.41) is 7.60. The van der Waals surface area contributed by atoms with Crippen molar-refractivity contribution in [2.75, 3.05) is 19.6 Å². The van der Waals surface area contributed by atoms with E-state index in [1.165, 1.54) is 32.2 Å². The molecule has 1 aliphatic carbocycles. The molecule has 2 aromatic rings. The zero-order valence-electron chi connectivity index (χ0n) is 15.3. The van der Waals surface area contributed by atoms with E-state index in [1.54, 1.807) is 10.7 Å². The van der Waals surface area contributed by atoms with E-state index in [0.29, 0.717) is 5.69 Å². The van der Waals surface area contributed by atoms with Gasteiger partial charge in [-0.15, -0.1) is 0 Å². The van der Waals surface area contributed by atoms with E-state index in [2.05, 4.69) is 15.3 Å². The van der Waals surface area contributed by atoms with Gasteiger partial charge in [-0.2, -0.15) is 5.10 Å². The Morgan fingerprint density at radius 3 is 2.50 bits per heavy atom. The van der Waals surface area contributed by atoms with E-state index >= 15 is 0 Å². The molecular weight excluding hydrogens is 324 g/mol. The first-order chi connectivity index (χ1) is 12.8. The fraction of sp³-hybridized carbons (Fsp3) is 0.524. The van der Waals surface area contributed by atoms with Crippen LogP contribution in [-0.4, -0.2) is 46.3 Å². The molecule has 2 fully saturated rings. The average Bonchev–Trinajstić information content (AvgIpc) is 3.36. The van der Waals surface area contributed by atoms with Crippen LogP contribution in [0.5, 0.6) is 0 Å². The van der Waals surface area contributed by atoms with Crippen LogP contribution in [0.1, 0.15) is 49.0 Å². The van der Waals surface area contributed by atoms with Crippen molar-refractivity contribution in [1.29, 1.82) is 0 Å². The number of nitrogens with zero attached hydrogens (tertiary/aromatic N) is 3. The highest BCUT2D eigenvalue weighted by Gasteiger charge is 2.24. The minimum absolute atomic E-state index is 0.0612. The molecule has 2 heterocycles. The lowest BCUT2D eigenvalue weighted by molar-refractivity contribution is 0.0900. The highest BCUT2D eigenvalue weighted by molar-refractivity contribution is 5.92. The Bertz CT molecular complexity index is 713. The first-order valence-corrected chi connectivity index (χ1v) is 9.92. The number of hydrogen-bond acceptors (Lipinski definition) is 3. The van der Waals surface area contributed by atoms with Crippen molar-refractivity contribution in [2.45, 2.75) is 44.6 Å². The molecular formula is C21H28N4O. The molecule has 1 aromatic carbocycles. The maximum atomic E-state index is 12.5. The predicted octanol–water partition coefficient (Wildman–Crippen LogP) is 3.26. The van der Waals surface area contributed by atoms with Crippen LogP contribution in [0.4, 0.5) is 0 Å². The quantitative estimate of drug-likeness (QED) is 0.899. The van der Waals surface area contributed by atoms with Gasteiger partial charge in [0.05, 0.1) is 5.69 Å². The second-order valence-electron chi connectivity index (χ2n) is 7.68. The normalized spacial score (nSPS) is 19.7. The molecule has 0 radical (unpaired) electrons. The van der Waals surface area contributed by atoms with Gasteiger partial charge in [-0.05, 0) is 49.8 Å². The summed E-state index contributed by atoms with van der Waals surface area (Å²) in [5.41, 5.74) is 1.45. The molecule has 26 heavy (non-hydrogen) atoms. The molecule has 5 heteroatoms. The van der Waals surface area contributed by atoms with Crippen molar-refractivity contribution < 1.29 is 4.79 Å². The molecule has 0 spiro atoms. The van der Waals surface area contributed by atoms with E-state index in [0.717, 1.165) is 37.5 Å². The number of piperidine rings is 1. The van der Waals surface area contributed by atoms with E-state index < -0.39 is 0 Å². The molecule has 1 N–H and O–H groups in total. The van der Waals surface area contributed by atoms with Crippen LogP contribution in [-0.2, 0) is 0 Å². The monoisotopic (exact) mass is 352 g/mol. The molecule has 1 aliphatic heterocycles. The third-order valence-corrected chi connectivity index (χ3v) is 5.76. The molecule has 0 bridgehead atoms. The summed E-state index contributed by atoms with van der Waals surface area (Å²) < 4.78 is 1.75. The summed E-state index contributed by atoms with van der Waals surface area (Å²) >= 11 is 0. The van der Waals surface area contributed by atoms with Gasteiger partial charge in [0.2, 0.25) is 0 Å². The lowest BCUT2D eigenvalue weighted by atomic mass is 10.0. The van der Waals surface area contributed by atoms with Crippen molar-refractivity contribution in [3.63, 3.8) is 0 Å². The first kappa shape index (κ1) is 17.3. The molecule has 1 saturated carbocycles. The molecule has 5 nitrogen and oxygen atoms in total. The molecule has 1 amide bonds. The maximum absolute atomic E-state index is 12.5. The summed E-state index contributed by atoms with van der Waals surface area (Å²) in [7, 11) is 0. The van der Waals surface area contributed by atoms with Crippen LogP contribution in [0.25, 0.3) is 5.69 Å². The van der Waals surface area contributed by atoms with Gasteiger partial charge < -0.3 is 10.2 Å². The zero-order chi connectivity index (χ0) is 17.8. The van der Waals surface area contributed by atoms with E-state index in [9.17, 15) is 4.79 Å². The standard InChI is InChI=1S/C21H28N4O/c26-21(20-12-15-25(23-20)19-8-2-1-3-9-19)22-18-10-13-24(14-11-18)16-17-6-4-5-7-17/h1-3,8-9,12,15,17-18H,4-7,10-11,13-14,16H2,(H,22,26). The number of likely N-dealkylation sites (tertiary alicyclic amines) is 1. The van der Waals surface area contributed by atoms with Gasteiger partial charge in [-0.1, -0.05) is 31.0 Å². The van der Waals surface area contributed by atoms with Crippen LogP contribution >= 0.6 is 0 Å². The van der Waals surface area contributed by atoms with Crippen molar-refractivity contribution >= 4 is 5.91 Å². The Morgan fingerprint density at radius 2 is 1.77 bits per heavy atom. The molecule has 1 saturated heterocycles. The topological polar surface area (TPSA) is 50.2 Å². The number of para-hydroxylation sites is 1. The highest BCUT2D eigenvalue weighted by Crippen LogP contribution is 2.26. The van der Waals surface area contributed by atoms with Crippen molar-refractivity contribution in [1.82, 2.24) is 20.0 Å². The van der Waals surface area contributed by atoms with Gasteiger partial charge in [0.15, 0.2) is 5.69 Å². The van der Waals surface area contributed by atoms with Gasteiger partial charge in [-0.3, -0.25) is 4.79 Å². The third-order valence-electron chi connectivity index (χ3n) is 5.76. The predicted molar refractivity (Wildman–Crippen MR) is 102 cm³/mol. The minimum atomic E-state index is -0.0612. The van der Waals surface area contributed by atoms with Crippen LogP contribution in [0.3, 0.4) is 0 Å². The minimum Gasteiger partial charge on any atom is -0.348 e. The maximum Gasteiger partial charge on any atom is 0.272 e. The van der Waals surface area contributed by atoms with E-state index in [4.69, 9.17) is 0 Å². The third kappa shape index (κ3) is 4.15. The molecule has 4 rings (SSSR count). The Balaban J connectivity index is 1.27. The summed E-state index contributed by atoms with van der Waals surface area (Å²) in [5.74, 6) is 0.844. The molecule has 0 unspecified atom stereocenters. The summed E-state index contributed by atoms with van der Waals surface area (Å²) in [6.45, 7) is 3.45. The van der Waals surface area contributed by atoms with Gasteiger partial charge in [0, 0.05) is 31.9 Å². The van der Waals surface area contributed by atoms with Gasteiger partial charge in [0.25, 0.3) is 5.91 Å². The average molecular weight is 352 g/mol. The summed E-state index contributed by atoms with van der Waals surface area (Å²) in [6.07, 6.45) is 9.55. The van der Waals surface area contributed by atoms with E-state index in [1.807, 2.05) is 36.5 Å². The number of carbonyl (C=O) groups excluding carboxylic acids is 1. The number of benzene rings is 1. The SMILES string of the molecule is O=C(NC1CCN(CC2CCCC2)CC1)c1ccn(-c2ccccc2)n1. The number of carbonyl (C=O) groups is 1. The lowest BCUT2D eigenvalue weighted by Gasteiger charge is -2.33. The largest absolute Gasteiger partial charge is 0.348 e. The van der Waals surface area contributed by atoms with Crippen molar-refractivity contribution in [2.24, 2.45) is 5.92 Å². The number of rotatable bonds is 5. The summed E-state index contributed by atoms with van der Waals surface area (Å²) in [4.78, 5) is 15.1. The second kappa shape index (κ2) is 8.04. The zero-order valence-corrected chi connectivity index (χ0v) is 15.3. The van der Waals surface area contributed by atoms with Crippen LogP contribution in [0, 0.1) is 5.92 Å². The lowest BCUT2D eigenvalue weighted by Crippen LogP contribution is -2.45. The van der Waals surface area contributed by atoms with Gasteiger partial charge >= 0.3 is 0 Å². The van der Waals surface area contributed by atoms with Crippen LogP contribution in [0.15, 0.2) is 42.6 Å². The number of nitrogens with one attached hydrogen (secondary N) is 1. The smallest absolute Gasteiger partial charge is 0.272 e. The Hall–Kier alpha value is -2.14.